The molecule has 0 bridgehead atoms. The monoisotopic (exact) mass is 208 g/mol. The van der Waals surface area contributed by atoms with E-state index in [9.17, 15) is 14.9 Å². The Morgan fingerprint density at radius 1 is 1.60 bits per heavy atom. The minimum atomic E-state index is -0.485. The molecule has 1 atom stereocenters. The Bertz CT molecular complexity index is 364. The molecule has 0 N–H and O–H groups in total. The van der Waals surface area contributed by atoms with Crippen molar-refractivity contribution in [2.45, 2.75) is 19.4 Å². The van der Waals surface area contributed by atoms with Crippen LogP contribution in [-0.2, 0) is 9.53 Å². The third-order valence-electron chi connectivity index (χ3n) is 2.01. The Morgan fingerprint density at radius 3 is 2.87 bits per heavy atom. The average Bonchev–Trinajstić information content (AvgIpc) is 2.26. The highest BCUT2D eigenvalue weighted by Gasteiger charge is 2.13. The van der Waals surface area contributed by atoms with Crippen molar-refractivity contribution < 1.29 is 14.5 Å². The van der Waals surface area contributed by atoms with Gasteiger partial charge in [0.1, 0.15) is 6.10 Å². The number of non-ortho nitro benzene ring substituents is 1. The van der Waals surface area contributed by atoms with E-state index in [1.165, 1.54) is 18.6 Å². The van der Waals surface area contributed by atoms with E-state index in [4.69, 9.17) is 0 Å². The normalized spacial score (nSPS) is 11.8. The van der Waals surface area contributed by atoms with Crippen LogP contribution >= 0.6 is 0 Å². The predicted molar refractivity (Wildman–Crippen MR) is 52.9 cm³/mol. The smallest absolute Gasteiger partial charge is 0.418 e. The predicted octanol–water partition coefficient (Wildman–Crippen LogP) is 2.13. The molecule has 1 aromatic carbocycles. The third kappa shape index (κ3) is 2.77. The number of benzene rings is 1. The number of nitrogens with zero attached hydrogens (tertiary/aromatic N) is 1. The minimum absolute atomic E-state index is 0.0135. The Labute approximate surface area is 86.8 Å². The van der Waals surface area contributed by atoms with E-state index in [0.717, 1.165) is 0 Å². The molecule has 15 heavy (non-hydrogen) atoms. The first-order valence-corrected chi connectivity index (χ1v) is 4.46. The lowest BCUT2D eigenvalue weighted by Gasteiger charge is -2.11. The van der Waals surface area contributed by atoms with E-state index in [1.54, 1.807) is 12.1 Å². The van der Waals surface area contributed by atoms with Crippen molar-refractivity contribution >= 4 is 12.2 Å². The number of rotatable bonds is 5. The van der Waals surface area contributed by atoms with Gasteiger partial charge >= 0.3 is 6.47 Å². The Balaban J connectivity index is 2.97. The van der Waals surface area contributed by atoms with Gasteiger partial charge in [-0.05, 0) is 12.0 Å². The summed E-state index contributed by atoms with van der Waals surface area (Å²) in [5.74, 6) is 0. The largest absolute Gasteiger partial charge is 0.449 e. The fraction of sp³-hybridized carbons (Fsp3) is 0.300. The van der Waals surface area contributed by atoms with Gasteiger partial charge in [-0.1, -0.05) is 19.1 Å². The second kappa shape index (κ2) is 5.09. The van der Waals surface area contributed by atoms with Crippen LogP contribution in [0.5, 0.6) is 0 Å². The second-order valence-electron chi connectivity index (χ2n) is 2.95. The first kappa shape index (κ1) is 11.2. The molecule has 0 aliphatic rings. The van der Waals surface area contributed by atoms with Gasteiger partial charge in [0.15, 0.2) is 0 Å². The summed E-state index contributed by atoms with van der Waals surface area (Å²) in [4.78, 5) is 20.1. The maximum atomic E-state index is 10.5. The van der Waals surface area contributed by atoms with Crippen molar-refractivity contribution in [1.29, 1.82) is 0 Å². The second-order valence-corrected chi connectivity index (χ2v) is 2.95. The molecule has 0 fully saturated rings. The highest BCUT2D eigenvalue weighted by molar-refractivity contribution is 5.41. The van der Waals surface area contributed by atoms with E-state index in [0.29, 0.717) is 12.0 Å². The molecular formula is C10H10NO4. The van der Waals surface area contributed by atoms with Crippen LogP contribution in [0.25, 0.3) is 0 Å². The fourth-order valence-corrected chi connectivity index (χ4v) is 1.28. The summed E-state index contributed by atoms with van der Waals surface area (Å²) in [6.07, 6.45) is 0.0820. The van der Waals surface area contributed by atoms with Crippen LogP contribution in [0.2, 0.25) is 0 Å². The van der Waals surface area contributed by atoms with Crippen LogP contribution in [0.3, 0.4) is 0 Å². The van der Waals surface area contributed by atoms with Gasteiger partial charge in [0.2, 0.25) is 0 Å². The van der Waals surface area contributed by atoms with E-state index in [-0.39, 0.29) is 5.69 Å². The number of carbonyl (C=O) groups excluding carboxylic acids is 1. The zero-order chi connectivity index (χ0) is 11.3. The highest BCUT2D eigenvalue weighted by Crippen LogP contribution is 2.23. The van der Waals surface area contributed by atoms with Crippen molar-refractivity contribution in [1.82, 2.24) is 0 Å². The molecule has 0 spiro atoms. The molecule has 79 valence electrons. The van der Waals surface area contributed by atoms with Gasteiger partial charge in [0.25, 0.3) is 5.69 Å². The summed E-state index contributed by atoms with van der Waals surface area (Å²) in [5.41, 5.74) is 0.593. The Morgan fingerprint density at radius 2 is 2.33 bits per heavy atom. The molecule has 0 saturated heterocycles. The zero-order valence-corrected chi connectivity index (χ0v) is 8.17. The number of nitro benzene ring substituents is 1. The molecule has 0 heterocycles. The molecule has 0 aromatic heterocycles. The van der Waals surface area contributed by atoms with Gasteiger partial charge in [-0.2, -0.15) is 0 Å². The fourth-order valence-electron chi connectivity index (χ4n) is 1.28. The number of hydrogen-bond donors (Lipinski definition) is 0. The van der Waals surface area contributed by atoms with Gasteiger partial charge in [-0.3, -0.25) is 10.1 Å². The zero-order valence-electron chi connectivity index (χ0n) is 8.17. The molecule has 1 radical (unpaired) electrons. The lowest BCUT2D eigenvalue weighted by atomic mass is 10.1. The van der Waals surface area contributed by atoms with Gasteiger partial charge in [-0.15, -0.1) is 0 Å². The van der Waals surface area contributed by atoms with E-state index < -0.39 is 11.0 Å². The van der Waals surface area contributed by atoms with Gasteiger partial charge < -0.3 is 4.74 Å². The minimum Gasteiger partial charge on any atom is -0.449 e. The topological polar surface area (TPSA) is 69.4 Å². The van der Waals surface area contributed by atoms with Crippen LogP contribution < -0.4 is 0 Å². The van der Waals surface area contributed by atoms with E-state index >= 15 is 0 Å². The SMILES string of the molecule is CCC(O[C]=O)c1cccc([N+](=O)[O-])c1. The molecule has 1 rings (SSSR count). The molecule has 1 aromatic rings. The number of nitro groups is 1. The maximum absolute atomic E-state index is 10.5. The number of hydrogen-bond acceptors (Lipinski definition) is 4. The van der Waals surface area contributed by atoms with Gasteiger partial charge in [-0.25, -0.2) is 4.79 Å². The summed E-state index contributed by atoms with van der Waals surface area (Å²) in [5, 5.41) is 10.5. The lowest BCUT2D eigenvalue weighted by molar-refractivity contribution is -0.385. The van der Waals surface area contributed by atoms with E-state index in [2.05, 4.69) is 4.74 Å². The summed E-state index contributed by atoms with van der Waals surface area (Å²) in [6.45, 7) is 3.17. The molecule has 5 heteroatoms. The molecule has 0 saturated carbocycles. The molecule has 0 amide bonds. The van der Waals surface area contributed by atoms with Crippen molar-refractivity contribution in [3.63, 3.8) is 0 Å². The van der Waals surface area contributed by atoms with Crippen LogP contribution in [0.15, 0.2) is 24.3 Å². The Kier molecular flexibility index (Phi) is 3.79. The van der Waals surface area contributed by atoms with Crippen molar-refractivity contribution in [3.8, 4) is 0 Å². The summed E-state index contributed by atoms with van der Waals surface area (Å²) in [7, 11) is 0. The standard InChI is InChI=1S/C10H10NO4/c1-2-10(15-7-12)8-4-3-5-9(6-8)11(13)14/h3-6,10H,2H2,1H3. The van der Waals surface area contributed by atoms with Crippen molar-refractivity contribution in [3.05, 3.63) is 39.9 Å². The quantitative estimate of drug-likeness (QED) is 0.549. The van der Waals surface area contributed by atoms with Crippen molar-refractivity contribution in [2.75, 3.05) is 0 Å². The third-order valence-corrected chi connectivity index (χ3v) is 2.01. The molecular weight excluding hydrogens is 198 g/mol. The maximum Gasteiger partial charge on any atom is 0.418 e. The van der Waals surface area contributed by atoms with Crippen LogP contribution in [0.1, 0.15) is 25.0 Å². The summed E-state index contributed by atoms with van der Waals surface area (Å²) in [6, 6.07) is 6.02. The average molecular weight is 208 g/mol. The molecule has 5 nitrogen and oxygen atoms in total. The Hall–Kier alpha value is -1.91. The highest BCUT2D eigenvalue weighted by atomic mass is 16.6. The first-order valence-electron chi connectivity index (χ1n) is 4.46. The summed E-state index contributed by atoms with van der Waals surface area (Å²) < 4.78 is 4.68. The van der Waals surface area contributed by atoms with Crippen LogP contribution in [0, 0.1) is 10.1 Å². The lowest BCUT2D eigenvalue weighted by Crippen LogP contribution is -2.02. The molecule has 0 aliphatic carbocycles. The van der Waals surface area contributed by atoms with Crippen molar-refractivity contribution in [2.24, 2.45) is 0 Å². The number of ether oxygens (including phenoxy) is 1. The van der Waals surface area contributed by atoms with Gasteiger partial charge in [0.05, 0.1) is 4.92 Å². The first-order chi connectivity index (χ1) is 7.19. The summed E-state index contributed by atoms with van der Waals surface area (Å²) >= 11 is 0. The van der Waals surface area contributed by atoms with E-state index in [1.807, 2.05) is 6.92 Å². The molecule has 0 aliphatic heterocycles. The van der Waals surface area contributed by atoms with Gasteiger partial charge in [0, 0.05) is 12.1 Å². The van der Waals surface area contributed by atoms with Crippen LogP contribution in [0.4, 0.5) is 5.69 Å². The van der Waals surface area contributed by atoms with Crippen LogP contribution in [-0.4, -0.2) is 11.4 Å². The molecule has 1 unspecified atom stereocenters.